The van der Waals surface area contributed by atoms with Crippen molar-refractivity contribution in [2.75, 3.05) is 14.1 Å². The lowest BCUT2D eigenvalue weighted by molar-refractivity contribution is 0.0635. The molecule has 6 heteroatoms. The molecule has 5 aromatic carbocycles. The van der Waals surface area contributed by atoms with Gasteiger partial charge in [-0.25, -0.2) is 0 Å². The highest BCUT2D eigenvalue weighted by molar-refractivity contribution is 6.42. The fraction of sp³-hybridized carbons (Fsp3) is 0.133. The molecule has 0 fully saturated rings. The van der Waals surface area contributed by atoms with E-state index in [2.05, 4.69) is 0 Å². The predicted octanol–water partition coefficient (Wildman–Crippen LogP) is 5.53. The van der Waals surface area contributed by atoms with Gasteiger partial charge in [0.05, 0.1) is 0 Å². The second kappa shape index (κ2) is 6.55. The monoisotopic (exact) mass is 472 g/mol. The van der Waals surface area contributed by atoms with Gasteiger partial charge < -0.3 is 0 Å². The molecule has 0 aromatic heterocycles. The lowest BCUT2D eigenvalue weighted by Gasteiger charge is -2.29. The van der Waals surface area contributed by atoms with E-state index in [-0.39, 0.29) is 23.6 Å². The van der Waals surface area contributed by atoms with Crippen molar-refractivity contribution >= 4 is 72.8 Å². The van der Waals surface area contributed by atoms with E-state index in [1.54, 1.807) is 12.1 Å². The Morgan fingerprint density at radius 1 is 0.583 bits per heavy atom. The van der Waals surface area contributed by atoms with Crippen LogP contribution in [-0.2, 0) is 0 Å². The number of amides is 4. The van der Waals surface area contributed by atoms with Crippen LogP contribution in [0.2, 0.25) is 0 Å². The van der Waals surface area contributed by atoms with Gasteiger partial charge in [0, 0.05) is 47.1 Å². The molecule has 36 heavy (non-hydrogen) atoms. The van der Waals surface area contributed by atoms with E-state index in [1.165, 1.54) is 23.9 Å². The lowest BCUT2D eigenvalue weighted by atomic mass is 9.79. The first-order valence-electron chi connectivity index (χ1n) is 11.8. The van der Waals surface area contributed by atoms with Gasteiger partial charge in [-0.15, -0.1) is 0 Å². The maximum Gasteiger partial charge on any atom is 0.261 e. The Labute approximate surface area is 205 Å². The van der Waals surface area contributed by atoms with E-state index in [4.69, 9.17) is 0 Å². The Morgan fingerprint density at radius 2 is 1.06 bits per heavy atom. The van der Waals surface area contributed by atoms with E-state index >= 15 is 0 Å². The molecule has 4 amide bonds. The third kappa shape index (κ3) is 2.18. The van der Waals surface area contributed by atoms with Crippen LogP contribution in [0, 0.1) is 6.92 Å². The van der Waals surface area contributed by atoms with Crippen molar-refractivity contribution in [2.24, 2.45) is 0 Å². The van der Waals surface area contributed by atoms with Crippen molar-refractivity contribution in [3.63, 3.8) is 0 Å². The number of carbonyl (C=O) groups excluding carboxylic acids is 4. The molecule has 0 spiro atoms. The number of hydrogen-bond acceptors (Lipinski definition) is 4. The summed E-state index contributed by atoms with van der Waals surface area (Å²) in [4.78, 5) is 54.9. The van der Waals surface area contributed by atoms with Gasteiger partial charge in [-0.05, 0) is 81.6 Å². The number of rotatable bonds is 1. The number of hydrogen-bond donors (Lipinski definition) is 0. The summed E-state index contributed by atoms with van der Waals surface area (Å²) >= 11 is 0. The van der Waals surface area contributed by atoms with Crippen LogP contribution >= 0.6 is 0 Å². The van der Waals surface area contributed by atoms with E-state index in [9.17, 15) is 19.2 Å². The third-order valence-corrected chi connectivity index (χ3v) is 7.82. The largest absolute Gasteiger partial charge is 0.277 e. The first-order chi connectivity index (χ1) is 17.3. The topological polar surface area (TPSA) is 74.8 Å². The number of allylic oxidation sites excluding steroid dienone is 1. The van der Waals surface area contributed by atoms with Crippen LogP contribution in [0.3, 0.4) is 0 Å². The molecular formula is C30H20N2O4. The number of benzene rings is 5. The lowest BCUT2D eigenvalue weighted by Crippen LogP contribution is -2.37. The number of nitrogens with zero attached hydrogens (tertiary/aromatic N) is 2. The minimum absolute atomic E-state index is 0.316. The van der Waals surface area contributed by atoms with E-state index in [0.29, 0.717) is 33.0 Å². The molecule has 0 saturated carbocycles. The third-order valence-electron chi connectivity index (χ3n) is 7.82. The summed E-state index contributed by atoms with van der Waals surface area (Å²) in [5.74, 6) is -1.29. The predicted molar refractivity (Wildman–Crippen MR) is 140 cm³/mol. The van der Waals surface area contributed by atoms with Crippen LogP contribution in [0.25, 0.3) is 49.2 Å². The van der Waals surface area contributed by atoms with E-state index < -0.39 is 0 Å². The normalized spacial score (nSPS) is 15.8. The molecule has 7 rings (SSSR count). The van der Waals surface area contributed by atoms with Crippen LogP contribution in [0.1, 0.15) is 59.5 Å². The highest BCUT2D eigenvalue weighted by Crippen LogP contribution is 2.48. The summed E-state index contributed by atoms with van der Waals surface area (Å²) in [7, 11) is 3.02. The molecule has 0 N–H and O–H groups in total. The molecule has 2 aliphatic heterocycles. The molecular weight excluding hydrogens is 452 g/mol. The van der Waals surface area contributed by atoms with Crippen LogP contribution in [0.4, 0.5) is 0 Å². The summed E-state index contributed by atoms with van der Waals surface area (Å²) in [6.07, 6.45) is 3.88. The summed E-state index contributed by atoms with van der Waals surface area (Å²) in [6.45, 7) is 3.88. The van der Waals surface area contributed by atoms with Gasteiger partial charge >= 0.3 is 0 Å². The van der Waals surface area contributed by atoms with Crippen LogP contribution in [-0.4, -0.2) is 47.5 Å². The van der Waals surface area contributed by atoms with Crippen molar-refractivity contribution in [2.45, 2.75) is 13.8 Å². The van der Waals surface area contributed by atoms with Crippen LogP contribution in [0.15, 0.2) is 42.5 Å². The van der Waals surface area contributed by atoms with Gasteiger partial charge in [-0.1, -0.05) is 24.3 Å². The highest BCUT2D eigenvalue weighted by atomic mass is 16.2. The smallest absolute Gasteiger partial charge is 0.261 e. The first-order valence-corrected chi connectivity index (χ1v) is 11.8. The molecule has 0 unspecified atom stereocenters. The van der Waals surface area contributed by atoms with Gasteiger partial charge in [0.1, 0.15) is 0 Å². The summed E-state index contributed by atoms with van der Waals surface area (Å²) < 4.78 is 0. The molecule has 0 bridgehead atoms. The zero-order valence-electron chi connectivity index (χ0n) is 20.1. The zero-order valence-corrected chi connectivity index (χ0v) is 20.1. The van der Waals surface area contributed by atoms with Gasteiger partial charge in [0.15, 0.2) is 0 Å². The summed E-state index contributed by atoms with van der Waals surface area (Å²) in [6, 6.07) is 11.2. The SMILES string of the molecule is C/C=C/c1cc2c3c(ccc4c5c(C)cc6c7c(ccc(c1c34)c75)C(=O)N(C)C6=O)C(=O)N(C)C2=O. The minimum atomic E-state index is -0.325. The molecule has 0 aliphatic carbocycles. The van der Waals surface area contributed by atoms with Gasteiger partial charge in [0.2, 0.25) is 0 Å². The first kappa shape index (κ1) is 20.8. The average Bonchev–Trinajstić information content (AvgIpc) is 2.88. The molecule has 6 nitrogen and oxygen atoms in total. The molecule has 0 radical (unpaired) electrons. The maximum absolute atomic E-state index is 13.2. The molecule has 0 saturated heterocycles. The van der Waals surface area contributed by atoms with Crippen molar-refractivity contribution < 1.29 is 19.2 Å². The fourth-order valence-corrected chi connectivity index (χ4v) is 6.25. The zero-order chi connectivity index (χ0) is 25.2. The Hall–Kier alpha value is -4.58. The van der Waals surface area contributed by atoms with Crippen LogP contribution in [0.5, 0.6) is 0 Å². The number of fused-ring (bicyclic) bond motifs is 2. The number of imide groups is 2. The molecule has 5 aromatic rings. The average molecular weight is 473 g/mol. The van der Waals surface area contributed by atoms with Gasteiger partial charge in [-0.2, -0.15) is 0 Å². The standard InChI is InChI=1S/C30H20N2O4/c1-5-6-14-12-20-24-18(28(34)32(4)30(20)36)9-7-15-21-13(2)11-19-23-17(27(33)31(3)29(19)35)10-8-16(25(21)23)22(14)26(15)24/h5-12H,1-4H3/b6-5+. The summed E-state index contributed by atoms with van der Waals surface area (Å²) in [5.41, 5.74) is 3.76. The van der Waals surface area contributed by atoms with Gasteiger partial charge in [-0.3, -0.25) is 29.0 Å². The second-order valence-corrected chi connectivity index (χ2v) is 9.66. The van der Waals surface area contributed by atoms with Gasteiger partial charge in [0.25, 0.3) is 23.6 Å². The minimum Gasteiger partial charge on any atom is -0.277 e. The summed E-state index contributed by atoms with van der Waals surface area (Å²) in [5, 5.41) is 6.67. The Kier molecular flexibility index (Phi) is 3.78. The van der Waals surface area contributed by atoms with Crippen LogP contribution < -0.4 is 0 Å². The van der Waals surface area contributed by atoms with E-state index in [1.807, 2.05) is 50.3 Å². The Balaban J connectivity index is 1.84. The van der Waals surface area contributed by atoms with Crippen molar-refractivity contribution in [3.05, 3.63) is 75.9 Å². The Morgan fingerprint density at radius 3 is 1.61 bits per heavy atom. The van der Waals surface area contributed by atoms with E-state index in [0.717, 1.165) is 43.4 Å². The number of aryl methyl sites for hydroxylation is 1. The molecule has 174 valence electrons. The second-order valence-electron chi connectivity index (χ2n) is 9.66. The quantitative estimate of drug-likeness (QED) is 0.183. The molecule has 2 heterocycles. The van der Waals surface area contributed by atoms with Crippen molar-refractivity contribution in [1.29, 1.82) is 0 Å². The fourth-order valence-electron chi connectivity index (χ4n) is 6.25. The molecule has 0 atom stereocenters. The molecule has 2 aliphatic rings. The maximum atomic E-state index is 13.2. The van der Waals surface area contributed by atoms with Crippen molar-refractivity contribution in [1.82, 2.24) is 9.80 Å². The Bertz CT molecular complexity index is 1960. The van der Waals surface area contributed by atoms with Crippen molar-refractivity contribution in [3.8, 4) is 0 Å². The number of carbonyl (C=O) groups is 4. The highest BCUT2D eigenvalue weighted by Gasteiger charge is 2.35.